The first-order valence-electron chi connectivity index (χ1n) is 10.1. The number of benzene rings is 3. The van der Waals surface area contributed by atoms with Crippen LogP contribution in [0.1, 0.15) is 17.5 Å². The van der Waals surface area contributed by atoms with Gasteiger partial charge in [-0.25, -0.2) is 4.79 Å². The average molecular weight is 386 g/mol. The second-order valence-corrected chi connectivity index (χ2v) is 7.45. The van der Waals surface area contributed by atoms with Crippen molar-refractivity contribution in [3.8, 4) is 11.1 Å². The number of hydrogen-bond acceptors (Lipinski definition) is 3. The summed E-state index contributed by atoms with van der Waals surface area (Å²) in [5, 5.41) is 3.02. The fourth-order valence-corrected chi connectivity index (χ4v) is 3.83. The number of hydrogen-bond donors (Lipinski definition) is 1. The Bertz CT molecular complexity index is 928. The summed E-state index contributed by atoms with van der Waals surface area (Å²) in [6, 6.07) is 28.8. The summed E-state index contributed by atoms with van der Waals surface area (Å²) < 4.78 is 5.54. The standard InChI is InChI=1S/C25H26N2O2/c28-25(26-23-15-16-27(18-23)17-20-9-3-1-4-10-20)29-19-22-13-7-8-14-24(22)21-11-5-2-6-12-21/h1-14,23H,15-19H2,(H,26,28). The van der Waals surface area contributed by atoms with Crippen molar-refractivity contribution in [1.82, 2.24) is 10.2 Å². The zero-order chi connectivity index (χ0) is 19.9. The smallest absolute Gasteiger partial charge is 0.407 e. The number of nitrogens with zero attached hydrogens (tertiary/aromatic N) is 1. The fourth-order valence-electron chi connectivity index (χ4n) is 3.83. The predicted octanol–water partition coefficient (Wildman–Crippen LogP) is 4.85. The first kappa shape index (κ1) is 19.2. The van der Waals surface area contributed by atoms with Crippen LogP contribution in [0.2, 0.25) is 0 Å². The van der Waals surface area contributed by atoms with Gasteiger partial charge in [0, 0.05) is 25.7 Å². The van der Waals surface area contributed by atoms with E-state index in [1.807, 2.05) is 42.5 Å². The second kappa shape index (κ2) is 9.39. The van der Waals surface area contributed by atoms with Crippen molar-refractivity contribution in [2.75, 3.05) is 13.1 Å². The molecule has 1 atom stereocenters. The van der Waals surface area contributed by atoms with Crippen LogP contribution in [-0.4, -0.2) is 30.1 Å². The van der Waals surface area contributed by atoms with Gasteiger partial charge >= 0.3 is 6.09 Å². The molecule has 1 unspecified atom stereocenters. The molecule has 0 aliphatic carbocycles. The van der Waals surface area contributed by atoms with Crippen molar-refractivity contribution in [2.24, 2.45) is 0 Å². The van der Waals surface area contributed by atoms with E-state index in [1.165, 1.54) is 5.56 Å². The third kappa shape index (κ3) is 5.24. The van der Waals surface area contributed by atoms with Gasteiger partial charge in [0.05, 0.1) is 0 Å². The van der Waals surface area contributed by atoms with Crippen LogP contribution in [0.4, 0.5) is 4.79 Å². The molecule has 4 nitrogen and oxygen atoms in total. The quantitative estimate of drug-likeness (QED) is 0.658. The van der Waals surface area contributed by atoms with Crippen LogP contribution < -0.4 is 5.32 Å². The Hall–Kier alpha value is -3.11. The van der Waals surface area contributed by atoms with Gasteiger partial charge in [0.2, 0.25) is 0 Å². The van der Waals surface area contributed by atoms with Crippen molar-refractivity contribution in [2.45, 2.75) is 25.6 Å². The maximum Gasteiger partial charge on any atom is 0.407 e. The van der Waals surface area contributed by atoms with Crippen LogP contribution in [0.5, 0.6) is 0 Å². The molecule has 1 aliphatic heterocycles. The van der Waals surface area contributed by atoms with Gasteiger partial charge in [0.1, 0.15) is 6.61 Å². The lowest BCUT2D eigenvalue weighted by Crippen LogP contribution is -2.37. The molecule has 0 radical (unpaired) electrons. The third-order valence-corrected chi connectivity index (χ3v) is 5.30. The maximum atomic E-state index is 12.3. The second-order valence-electron chi connectivity index (χ2n) is 7.45. The fraction of sp³-hybridized carbons (Fsp3) is 0.240. The zero-order valence-corrected chi connectivity index (χ0v) is 16.5. The number of nitrogens with one attached hydrogen (secondary N) is 1. The minimum atomic E-state index is -0.348. The van der Waals surface area contributed by atoms with Gasteiger partial charge in [0.25, 0.3) is 0 Å². The molecule has 1 aliphatic rings. The molecule has 29 heavy (non-hydrogen) atoms. The summed E-state index contributed by atoms with van der Waals surface area (Å²) in [5.41, 5.74) is 4.52. The third-order valence-electron chi connectivity index (χ3n) is 5.30. The Morgan fingerprint density at radius 1 is 0.931 bits per heavy atom. The van der Waals surface area contributed by atoms with Gasteiger partial charge in [-0.1, -0.05) is 84.9 Å². The van der Waals surface area contributed by atoms with Crippen LogP contribution in [-0.2, 0) is 17.9 Å². The summed E-state index contributed by atoms with van der Waals surface area (Å²) in [6.07, 6.45) is 0.599. The van der Waals surface area contributed by atoms with Gasteiger partial charge in [-0.3, -0.25) is 4.90 Å². The molecule has 1 heterocycles. The largest absolute Gasteiger partial charge is 0.445 e. The minimum absolute atomic E-state index is 0.135. The first-order valence-corrected chi connectivity index (χ1v) is 10.1. The Balaban J connectivity index is 1.28. The molecule has 1 saturated heterocycles. The highest BCUT2D eigenvalue weighted by molar-refractivity contribution is 5.69. The molecule has 3 aromatic carbocycles. The molecule has 0 saturated carbocycles. The lowest BCUT2D eigenvalue weighted by molar-refractivity contribution is 0.136. The van der Waals surface area contributed by atoms with E-state index in [4.69, 9.17) is 4.74 Å². The van der Waals surface area contributed by atoms with Gasteiger partial charge in [0.15, 0.2) is 0 Å². The number of ether oxygens (including phenoxy) is 1. The average Bonchev–Trinajstić information content (AvgIpc) is 3.20. The maximum absolute atomic E-state index is 12.3. The molecular formula is C25H26N2O2. The summed E-state index contributed by atoms with van der Waals surface area (Å²) in [5.74, 6) is 0. The number of carbonyl (C=O) groups excluding carboxylic acids is 1. The van der Waals surface area contributed by atoms with E-state index in [0.29, 0.717) is 0 Å². The Labute approximate surface area is 172 Å². The van der Waals surface area contributed by atoms with Crippen LogP contribution in [0, 0.1) is 0 Å². The van der Waals surface area contributed by atoms with Crippen molar-refractivity contribution < 1.29 is 9.53 Å². The Morgan fingerprint density at radius 3 is 2.41 bits per heavy atom. The normalized spacial score (nSPS) is 16.5. The van der Waals surface area contributed by atoms with Crippen LogP contribution >= 0.6 is 0 Å². The molecule has 0 bridgehead atoms. The highest BCUT2D eigenvalue weighted by Gasteiger charge is 2.24. The lowest BCUT2D eigenvalue weighted by atomic mass is 10.0. The molecular weight excluding hydrogens is 360 g/mol. The lowest BCUT2D eigenvalue weighted by Gasteiger charge is -2.17. The molecule has 0 aromatic heterocycles. The summed E-state index contributed by atoms with van der Waals surface area (Å²) in [7, 11) is 0. The molecule has 4 heteroatoms. The molecule has 3 aromatic rings. The van der Waals surface area contributed by atoms with Crippen LogP contribution in [0.15, 0.2) is 84.9 Å². The van der Waals surface area contributed by atoms with Gasteiger partial charge < -0.3 is 10.1 Å². The molecule has 1 fully saturated rings. The summed E-state index contributed by atoms with van der Waals surface area (Å²) in [4.78, 5) is 14.7. The van der Waals surface area contributed by atoms with E-state index in [9.17, 15) is 4.79 Å². The van der Waals surface area contributed by atoms with E-state index in [0.717, 1.165) is 42.7 Å². The zero-order valence-electron chi connectivity index (χ0n) is 16.5. The van der Waals surface area contributed by atoms with Crippen molar-refractivity contribution >= 4 is 6.09 Å². The highest BCUT2D eigenvalue weighted by atomic mass is 16.5. The number of likely N-dealkylation sites (tertiary alicyclic amines) is 1. The van der Waals surface area contributed by atoms with Gasteiger partial charge in [-0.05, 0) is 28.7 Å². The Morgan fingerprint density at radius 2 is 1.62 bits per heavy atom. The van der Waals surface area contributed by atoms with E-state index in [2.05, 4.69) is 52.7 Å². The first-order chi connectivity index (χ1) is 14.3. The molecule has 0 spiro atoms. The van der Waals surface area contributed by atoms with E-state index in [-0.39, 0.29) is 18.7 Å². The van der Waals surface area contributed by atoms with Crippen molar-refractivity contribution in [1.29, 1.82) is 0 Å². The molecule has 4 rings (SSSR count). The molecule has 1 N–H and O–H groups in total. The monoisotopic (exact) mass is 386 g/mol. The number of alkyl carbamates (subject to hydrolysis) is 1. The highest BCUT2D eigenvalue weighted by Crippen LogP contribution is 2.24. The van der Waals surface area contributed by atoms with E-state index >= 15 is 0 Å². The number of carbonyl (C=O) groups is 1. The summed E-state index contributed by atoms with van der Waals surface area (Å²) in [6.45, 7) is 3.01. The Kier molecular flexibility index (Phi) is 6.22. The van der Waals surface area contributed by atoms with Gasteiger partial charge in [-0.2, -0.15) is 0 Å². The van der Waals surface area contributed by atoms with E-state index in [1.54, 1.807) is 0 Å². The van der Waals surface area contributed by atoms with E-state index < -0.39 is 0 Å². The van der Waals surface area contributed by atoms with Crippen LogP contribution in [0.25, 0.3) is 11.1 Å². The molecule has 1 amide bonds. The van der Waals surface area contributed by atoms with Crippen molar-refractivity contribution in [3.63, 3.8) is 0 Å². The number of amides is 1. The predicted molar refractivity (Wildman–Crippen MR) is 115 cm³/mol. The summed E-state index contributed by atoms with van der Waals surface area (Å²) >= 11 is 0. The topological polar surface area (TPSA) is 41.6 Å². The van der Waals surface area contributed by atoms with Crippen LogP contribution in [0.3, 0.4) is 0 Å². The SMILES string of the molecule is O=C(NC1CCN(Cc2ccccc2)C1)OCc1ccccc1-c1ccccc1. The van der Waals surface area contributed by atoms with Gasteiger partial charge in [-0.15, -0.1) is 0 Å². The van der Waals surface area contributed by atoms with Crippen molar-refractivity contribution in [3.05, 3.63) is 96.1 Å². The number of rotatable bonds is 6. The minimum Gasteiger partial charge on any atom is -0.445 e. The molecule has 148 valence electrons.